The van der Waals surface area contributed by atoms with Crippen molar-refractivity contribution in [2.45, 2.75) is 20.4 Å². The minimum atomic E-state index is -0.583. The number of benzene rings is 2. The number of aromatic nitrogens is 1. The van der Waals surface area contributed by atoms with E-state index in [2.05, 4.69) is 10.5 Å². The highest BCUT2D eigenvalue weighted by molar-refractivity contribution is 5.94. The SMILES string of the molecule is CCOc1c(/C=N\NC(=O)c2cccn(Cc3cccc(C)c3)c2=O)cccc1OC. The average molecular weight is 419 g/mol. The second-order valence-corrected chi connectivity index (χ2v) is 6.85. The third-order valence-electron chi connectivity index (χ3n) is 4.59. The van der Waals surface area contributed by atoms with Gasteiger partial charge in [-0.2, -0.15) is 5.10 Å². The van der Waals surface area contributed by atoms with E-state index < -0.39 is 5.91 Å². The first-order chi connectivity index (χ1) is 15.0. The quantitative estimate of drug-likeness (QED) is 0.448. The first-order valence-corrected chi connectivity index (χ1v) is 9.91. The van der Waals surface area contributed by atoms with Crippen LogP contribution in [0.5, 0.6) is 11.5 Å². The topological polar surface area (TPSA) is 81.9 Å². The van der Waals surface area contributed by atoms with Crippen LogP contribution in [0.3, 0.4) is 0 Å². The molecule has 0 saturated heterocycles. The van der Waals surface area contributed by atoms with E-state index in [0.717, 1.165) is 11.1 Å². The van der Waals surface area contributed by atoms with Crippen molar-refractivity contribution in [2.75, 3.05) is 13.7 Å². The summed E-state index contributed by atoms with van der Waals surface area (Å²) >= 11 is 0. The summed E-state index contributed by atoms with van der Waals surface area (Å²) in [6.07, 6.45) is 3.12. The molecule has 1 amide bonds. The number of aryl methyl sites for hydroxylation is 1. The fourth-order valence-electron chi connectivity index (χ4n) is 3.16. The Labute approximate surface area is 180 Å². The van der Waals surface area contributed by atoms with E-state index in [1.54, 1.807) is 37.6 Å². The molecule has 3 rings (SSSR count). The standard InChI is InChI=1S/C24H25N3O4/c1-4-31-22-19(10-6-12-21(22)30-3)15-25-26-23(28)20-11-7-13-27(24(20)29)16-18-9-5-8-17(2)14-18/h5-15H,4,16H2,1-3H3,(H,26,28)/b25-15-. The summed E-state index contributed by atoms with van der Waals surface area (Å²) in [7, 11) is 1.55. The van der Waals surface area contributed by atoms with Crippen molar-refractivity contribution in [3.63, 3.8) is 0 Å². The predicted octanol–water partition coefficient (Wildman–Crippen LogP) is 3.38. The van der Waals surface area contributed by atoms with Gasteiger partial charge in [-0.1, -0.05) is 35.9 Å². The molecule has 2 aromatic carbocycles. The number of hydrogen-bond acceptors (Lipinski definition) is 5. The molecular weight excluding hydrogens is 394 g/mol. The van der Waals surface area contributed by atoms with E-state index in [4.69, 9.17) is 9.47 Å². The summed E-state index contributed by atoms with van der Waals surface area (Å²) in [5.74, 6) is 0.519. The summed E-state index contributed by atoms with van der Waals surface area (Å²) < 4.78 is 12.4. The van der Waals surface area contributed by atoms with Gasteiger partial charge in [-0.05, 0) is 43.7 Å². The van der Waals surface area contributed by atoms with Crippen molar-refractivity contribution in [3.05, 3.63) is 93.4 Å². The first kappa shape index (κ1) is 21.8. The average Bonchev–Trinajstić information content (AvgIpc) is 2.76. The highest BCUT2D eigenvalue weighted by atomic mass is 16.5. The van der Waals surface area contributed by atoms with Gasteiger partial charge >= 0.3 is 0 Å². The van der Waals surface area contributed by atoms with Crippen LogP contribution in [0.25, 0.3) is 0 Å². The van der Waals surface area contributed by atoms with Gasteiger partial charge in [0.25, 0.3) is 11.5 Å². The molecule has 31 heavy (non-hydrogen) atoms. The lowest BCUT2D eigenvalue weighted by Gasteiger charge is -2.11. The van der Waals surface area contributed by atoms with Gasteiger partial charge in [-0.25, -0.2) is 5.43 Å². The van der Waals surface area contributed by atoms with Crippen LogP contribution in [0.4, 0.5) is 0 Å². The predicted molar refractivity (Wildman–Crippen MR) is 120 cm³/mol. The normalized spacial score (nSPS) is 10.8. The van der Waals surface area contributed by atoms with Crippen molar-refractivity contribution < 1.29 is 14.3 Å². The van der Waals surface area contributed by atoms with E-state index >= 15 is 0 Å². The third kappa shape index (κ3) is 5.39. The van der Waals surface area contributed by atoms with Crippen LogP contribution in [0.1, 0.15) is 34.0 Å². The van der Waals surface area contributed by atoms with Gasteiger partial charge in [0, 0.05) is 11.8 Å². The van der Waals surface area contributed by atoms with Gasteiger partial charge in [-0.3, -0.25) is 9.59 Å². The maximum absolute atomic E-state index is 12.8. The molecule has 1 N–H and O–H groups in total. The van der Waals surface area contributed by atoms with Gasteiger partial charge < -0.3 is 14.0 Å². The number of nitrogens with zero attached hydrogens (tertiary/aromatic N) is 2. The maximum atomic E-state index is 12.8. The van der Waals surface area contributed by atoms with Gasteiger partial charge in [-0.15, -0.1) is 0 Å². The van der Waals surface area contributed by atoms with Crippen LogP contribution in [0.2, 0.25) is 0 Å². The number of hydrogen-bond donors (Lipinski definition) is 1. The molecule has 160 valence electrons. The number of ether oxygens (including phenoxy) is 2. The summed E-state index contributed by atoms with van der Waals surface area (Å²) in [6.45, 7) is 4.70. The molecule has 1 heterocycles. The lowest BCUT2D eigenvalue weighted by Crippen LogP contribution is -2.30. The second kappa shape index (κ2) is 10.2. The zero-order valence-corrected chi connectivity index (χ0v) is 17.8. The fraction of sp³-hybridized carbons (Fsp3) is 0.208. The number of methoxy groups -OCH3 is 1. The van der Waals surface area contributed by atoms with Crippen LogP contribution in [0, 0.1) is 6.92 Å². The molecule has 7 heteroatoms. The molecule has 3 aromatic rings. The summed E-state index contributed by atoms with van der Waals surface area (Å²) in [4.78, 5) is 25.3. The van der Waals surface area contributed by atoms with Crippen molar-refractivity contribution in [1.82, 2.24) is 9.99 Å². The van der Waals surface area contributed by atoms with E-state index in [0.29, 0.717) is 30.2 Å². The molecule has 0 fully saturated rings. The van der Waals surface area contributed by atoms with Crippen LogP contribution in [-0.4, -0.2) is 30.4 Å². The molecule has 0 atom stereocenters. The number of rotatable bonds is 8. The number of pyridine rings is 1. The fourth-order valence-corrected chi connectivity index (χ4v) is 3.16. The maximum Gasteiger partial charge on any atom is 0.276 e. The summed E-state index contributed by atoms with van der Waals surface area (Å²) in [6, 6.07) is 16.4. The van der Waals surface area contributed by atoms with E-state index in [-0.39, 0.29) is 11.1 Å². The lowest BCUT2D eigenvalue weighted by atomic mass is 10.1. The number of nitrogens with one attached hydrogen (secondary N) is 1. The number of carbonyl (C=O) groups is 1. The molecule has 1 aromatic heterocycles. The molecule has 7 nitrogen and oxygen atoms in total. The Bertz CT molecular complexity index is 1150. The van der Waals surface area contributed by atoms with E-state index in [1.807, 2.05) is 38.1 Å². The first-order valence-electron chi connectivity index (χ1n) is 9.91. The molecule has 0 radical (unpaired) electrons. The monoisotopic (exact) mass is 419 g/mol. The lowest BCUT2D eigenvalue weighted by molar-refractivity contribution is 0.0953. The van der Waals surface area contributed by atoms with Gasteiger partial charge in [0.2, 0.25) is 0 Å². The molecule has 0 bridgehead atoms. The molecule has 0 aliphatic heterocycles. The van der Waals surface area contributed by atoms with Crippen LogP contribution in [0.15, 0.2) is 70.7 Å². The summed E-state index contributed by atoms with van der Waals surface area (Å²) in [5, 5.41) is 3.99. The Balaban J connectivity index is 1.77. The summed E-state index contributed by atoms with van der Waals surface area (Å²) in [5.41, 5.74) is 4.79. The number of para-hydroxylation sites is 1. The largest absolute Gasteiger partial charge is 0.493 e. The number of carbonyl (C=O) groups excluding carboxylic acids is 1. The third-order valence-corrected chi connectivity index (χ3v) is 4.59. The smallest absolute Gasteiger partial charge is 0.276 e. The number of amides is 1. The van der Waals surface area contributed by atoms with Crippen LogP contribution < -0.4 is 20.5 Å². The van der Waals surface area contributed by atoms with Crippen LogP contribution >= 0.6 is 0 Å². The highest BCUT2D eigenvalue weighted by Gasteiger charge is 2.12. The van der Waals surface area contributed by atoms with Crippen LogP contribution in [-0.2, 0) is 6.54 Å². The molecular formula is C24H25N3O4. The molecule has 0 aliphatic carbocycles. The van der Waals surface area contributed by atoms with Gasteiger partial charge in [0.15, 0.2) is 11.5 Å². The Kier molecular flexibility index (Phi) is 7.22. The Hall–Kier alpha value is -3.87. The molecule has 0 unspecified atom stereocenters. The zero-order valence-electron chi connectivity index (χ0n) is 17.8. The molecule has 0 spiro atoms. The van der Waals surface area contributed by atoms with E-state index in [1.165, 1.54) is 16.8 Å². The molecule has 0 saturated carbocycles. The minimum absolute atomic E-state index is 0.0166. The number of hydrazone groups is 1. The van der Waals surface area contributed by atoms with Crippen molar-refractivity contribution in [1.29, 1.82) is 0 Å². The van der Waals surface area contributed by atoms with Crippen molar-refractivity contribution in [2.24, 2.45) is 5.10 Å². The van der Waals surface area contributed by atoms with Crippen molar-refractivity contribution >= 4 is 12.1 Å². The minimum Gasteiger partial charge on any atom is -0.493 e. The Morgan fingerprint density at radius 3 is 2.71 bits per heavy atom. The zero-order chi connectivity index (χ0) is 22.2. The Morgan fingerprint density at radius 1 is 1.16 bits per heavy atom. The van der Waals surface area contributed by atoms with Gasteiger partial charge in [0.1, 0.15) is 5.56 Å². The Morgan fingerprint density at radius 2 is 1.97 bits per heavy atom. The van der Waals surface area contributed by atoms with Crippen molar-refractivity contribution in [3.8, 4) is 11.5 Å². The van der Waals surface area contributed by atoms with E-state index in [9.17, 15) is 9.59 Å². The van der Waals surface area contributed by atoms with Gasteiger partial charge in [0.05, 0.1) is 26.5 Å². The highest BCUT2D eigenvalue weighted by Crippen LogP contribution is 2.29. The molecule has 0 aliphatic rings. The second-order valence-electron chi connectivity index (χ2n) is 6.85.